The van der Waals surface area contributed by atoms with Crippen molar-refractivity contribution in [3.63, 3.8) is 0 Å². The number of benzene rings is 1. The second-order valence-electron chi connectivity index (χ2n) is 7.85. The Bertz CT molecular complexity index is 641. The summed E-state index contributed by atoms with van der Waals surface area (Å²) in [4.78, 5) is 6.78. The molecule has 1 atom stereocenters. The van der Waals surface area contributed by atoms with Crippen LogP contribution >= 0.6 is 0 Å². The van der Waals surface area contributed by atoms with Gasteiger partial charge < -0.3 is 9.52 Å². The molecule has 1 aromatic heterocycles. The van der Waals surface area contributed by atoms with Gasteiger partial charge in [-0.1, -0.05) is 51.1 Å². The second kappa shape index (κ2) is 7.08. The van der Waals surface area contributed by atoms with E-state index < -0.39 is 0 Å². The maximum absolute atomic E-state index is 9.90. The van der Waals surface area contributed by atoms with Gasteiger partial charge in [-0.3, -0.25) is 4.90 Å². The predicted molar refractivity (Wildman–Crippen MR) is 94.5 cm³/mol. The molecule has 1 aromatic carbocycles. The van der Waals surface area contributed by atoms with E-state index in [1.165, 1.54) is 18.4 Å². The molecule has 1 heterocycles. The van der Waals surface area contributed by atoms with Crippen molar-refractivity contribution in [3.05, 3.63) is 53.7 Å². The standard InChI is InChI=1S/C20H28N2O2/c1-20(2,3)18-11-21-19(24-18)13-22(17(14-23)16-9-10-16)12-15-7-5-4-6-8-15/h4-8,11,16-17,23H,9-10,12-14H2,1-3H3. The Morgan fingerprint density at radius 2 is 1.92 bits per heavy atom. The molecule has 0 radical (unpaired) electrons. The first-order valence-electron chi connectivity index (χ1n) is 8.81. The maximum atomic E-state index is 9.90. The summed E-state index contributed by atoms with van der Waals surface area (Å²) in [5, 5.41) is 9.90. The number of aromatic nitrogens is 1. The third kappa shape index (κ3) is 4.25. The zero-order valence-corrected chi connectivity index (χ0v) is 14.9. The van der Waals surface area contributed by atoms with Gasteiger partial charge in [0.05, 0.1) is 19.3 Å². The summed E-state index contributed by atoms with van der Waals surface area (Å²) in [6.45, 7) is 7.99. The highest BCUT2D eigenvalue weighted by Gasteiger charge is 2.35. The van der Waals surface area contributed by atoms with Crippen LogP contribution in [0.15, 0.2) is 40.9 Å². The van der Waals surface area contributed by atoms with Crippen molar-refractivity contribution in [2.24, 2.45) is 5.92 Å². The highest BCUT2D eigenvalue weighted by atomic mass is 16.4. The van der Waals surface area contributed by atoms with Crippen molar-refractivity contribution in [2.45, 2.75) is 58.2 Å². The summed E-state index contributed by atoms with van der Waals surface area (Å²) in [5.74, 6) is 2.23. The lowest BCUT2D eigenvalue weighted by Gasteiger charge is -2.29. The van der Waals surface area contributed by atoms with Crippen LogP contribution in [-0.2, 0) is 18.5 Å². The van der Waals surface area contributed by atoms with Crippen molar-refractivity contribution < 1.29 is 9.52 Å². The molecule has 0 aliphatic heterocycles. The van der Waals surface area contributed by atoms with Gasteiger partial charge in [0.15, 0.2) is 0 Å². The Hall–Kier alpha value is -1.65. The molecule has 130 valence electrons. The molecule has 1 saturated carbocycles. The molecule has 0 amide bonds. The Labute approximate surface area is 144 Å². The number of hydrogen-bond acceptors (Lipinski definition) is 4. The zero-order chi connectivity index (χ0) is 17.2. The molecule has 1 aliphatic carbocycles. The van der Waals surface area contributed by atoms with Gasteiger partial charge in [0.1, 0.15) is 5.76 Å². The number of aliphatic hydroxyl groups excluding tert-OH is 1. The SMILES string of the molecule is CC(C)(C)c1cnc(CN(Cc2ccccc2)C(CO)C2CC2)o1. The number of rotatable bonds is 7. The van der Waals surface area contributed by atoms with E-state index >= 15 is 0 Å². The lowest BCUT2D eigenvalue weighted by atomic mass is 9.94. The Kier molecular flexibility index (Phi) is 5.07. The van der Waals surface area contributed by atoms with Crippen LogP contribution in [0.4, 0.5) is 0 Å². The van der Waals surface area contributed by atoms with Crippen LogP contribution in [-0.4, -0.2) is 27.6 Å². The quantitative estimate of drug-likeness (QED) is 0.841. The van der Waals surface area contributed by atoms with Crippen LogP contribution in [0.5, 0.6) is 0 Å². The number of nitrogens with zero attached hydrogens (tertiary/aromatic N) is 2. The Morgan fingerprint density at radius 1 is 1.21 bits per heavy atom. The molecule has 4 heteroatoms. The molecule has 0 saturated heterocycles. The van der Waals surface area contributed by atoms with Crippen molar-refractivity contribution in [1.29, 1.82) is 0 Å². The van der Waals surface area contributed by atoms with Gasteiger partial charge >= 0.3 is 0 Å². The zero-order valence-electron chi connectivity index (χ0n) is 14.9. The minimum atomic E-state index is -0.0393. The number of oxazole rings is 1. The van der Waals surface area contributed by atoms with E-state index in [1.54, 1.807) is 0 Å². The van der Waals surface area contributed by atoms with Crippen molar-refractivity contribution in [1.82, 2.24) is 9.88 Å². The van der Waals surface area contributed by atoms with E-state index in [4.69, 9.17) is 4.42 Å². The van der Waals surface area contributed by atoms with Crippen LogP contribution in [0.2, 0.25) is 0 Å². The van der Waals surface area contributed by atoms with Gasteiger partial charge in [-0.2, -0.15) is 0 Å². The van der Waals surface area contributed by atoms with Crippen LogP contribution in [0.25, 0.3) is 0 Å². The lowest BCUT2D eigenvalue weighted by molar-refractivity contribution is 0.0858. The summed E-state index contributed by atoms with van der Waals surface area (Å²) in [5.41, 5.74) is 1.21. The minimum Gasteiger partial charge on any atom is -0.444 e. The molecule has 2 aromatic rings. The average Bonchev–Trinajstić information content (AvgIpc) is 3.25. The highest BCUT2D eigenvalue weighted by molar-refractivity contribution is 5.15. The minimum absolute atomic E-state index is 0.0393. The lowest BCUT2D eigenvalue weighted by Crippen LogP contribution is -2.38. The largest absolute Gasteiger partial charge is 0.444 e. The Balaban J connectivity index is 1.77. The molecule has 24 heavy (non-hydrogen) atoms. The first kappa shape index (κ1) is 17.2. The number of hydrogen-bond donors (Lipinski definition) is 1. The van der Waals surface area contributed by atoms with E-state index in [-0.39, 0.29) is 18.1 Å². The predicted octanol–water partition coefficient (Wildman–Crippen LogP) is 3.75. The van der Waals surface area contributed by atoms with Gasteiger partial charge in [0.25, 0.3) is 0 Å². The van der Waals surface area contributed by atoms with E-state index in [0.29, 0.717) is 12.5 Å². The first-order valence-corrected chi connectivity index (χ1v) is 8.81. The molecular weight excluding hydrogens is 300 g/mol. The summed E-state index contributed by atoms with van der Waals surface area (Å²) < 4.78 is 5.98. The molecule has 0 bridgehead atoms. The summed E-state index contributed by atoms with van der Waals surface area (Å²) in [7, 11) is 0. The summed E-state index contributed by atoms with van der Waals surface area (Å²) in [6.07, 6.45) is 4.24. The van der Waals surface area contributed by atoms with Gasteiger partial charge in [-0.25, -0.2) is 4.98 Å². The fourth-order valence-corrected chi connectivity index (χ4v) is 3.06. The third-order valence-corrected chi connectivity index (χ3v) is 4.68. The average molecular weight is 328 g/mol. The molecule has 1 aliphatic rings. The topological polar surface area (TPSA) is 49.5 Å². The molecule has 1 fully saturated rings. The highest BCUT2D eigenvalue weighted by Crippen LogP contribution is 2.36. The summed E-state index contributed by atoms with van der Waals surface area (Å²) in [6, 6.07) is 10.6. The van der Waals surface area contributed by atoms with Gasteiger partial charge in [0.2, 0.25) is 5.89 Å². The molecular formula is C20H28N2O2. The van der Waals surface area contributed by atoms with Crippen LogP contribution in [0.1, 0.15) is 50.8 Å². The van der Waals surface area contributed by atoms with Gasteiger partial charge in [0, 0.05) is 18.0 Å². The molecule has 4 nitrogen and oxygen atoms in total. The van der Waals surface area contributed by atoms with E-state index in [9.17, 15) is 5.11 Å². The molecule has 0 spiro atoms. The van der Waals surface area contributed by atoms with Gasteiger partial charge in [-0.15, -0.1) is 0 Å². The number of aliphatic hydroxyl groups is 1. The monoisotopic (exact) mass is 328 g/mol. The van der Waals surface area contributed by atoms with E-state index in [0.717, 1.165) is 18.2 Å². The maximum Gasteiger partial charge on any atom is 0.208 e. The van der Waals surface area contributed by atoms with Crippen molar-refractivity contribution in [3.8, 4) is 0 Å². The molecule has 1 N–H and O–H groups in total. The van der Waals surface area contributed by atoms with E-state index in [2.05, 4.69) is 54.9 Å². The summed E-state index contributed by atoms with van der Waals surface area (Å²) >= 11 is 0. The first-order chi connectivity index (χ1) is 11.5. The van der Waals surface area contributed by atoms with Crippen LogP contribution in [0, 0.1) is 5.92 Å². The Morgan fingerprint density at radius 3 is 2.46 bits per heavy atom. The van der Waals surface area contributed by atoms with E-state index in [1.807, 2.05) is 12.3 Å². The van der Waals surface area contributed by atoms with Crippen LogP contribution < -0.4 is 0 Å². The fourth-order valence-electron chi connectivity index (χ4n) is 3.06. The van der Waals surface area contributed by atoms with Crippen molar-refractivity contribution >= 4 is 0 Å². The van der Waals surface area contributed by atoms with Crippen molar-refractivity contribution in [2.75, 3.05) is 6.61 Å². The third-order valence-electron chi connectivity index (χ3n) is 4.68. The van der Waals surface area contributed by atoms with Gasteiger partial charge in [-0.05, 0) is 24.3 Å². The molecule has 3 rings (SSSR count). The second-order valence-corrected chi connectivity index (χ2v) is 7.85. The fraction of sp³-hybridized carbons (Fsp3) is 0.550. The molecule has 1 unspecified atom stereocenters. The van der Waals surface area contributed by atoms with Crippen LogP contribution in [0.3, 0.4) is 0 Å². The smallest absolute Gasteiger partial charge is 0.208 e. The normalized spacial score (nSPS) is 16.5.